The predicted molar refractivity (Wildman–Crippen MR) is 68.7 cm³/mol. The van der Waals surface area contributed by atoms with Crippen LogP contribution in [0.1, 0.15) is 37.4 Å². The van der Waals surface area contributed by atoms with Crippen molar-refractivity contribution in [3.05, 3.63) is 24.0 Å². The van der Waals surface area contributed by atoms with E-state index in [2.05, 4.69) is 4.98 Å². The standard InChI is InChI=1S/C14H17N3/c15-10-3-4-12-13(7-10)17-14(16-12)11-6-8-1-2-9(11)5-8/h3-4,7-9,11H,1-2,5-6,15H2,(H,16,17). The first-order chi connectivity index (χ1) is 8.29. The van der Waals surface area contributed by atoms with Gasteiger partial charge in [-0.25, -0.2) is 4.98 Å². The number of nitrogens with one attached hydrogen (secondary N) is 1. The Labute approximate surface area is 100 Å². The molecule has 0 spiro atoms. The molecule has 1 aromatic carbocycles. The summed E-state index contributed by atoms with van der Waals surface area (Å²) < 4.78 is 0. The Morgan fingerprint density at radius 2 is 2.18 bits per heavy atom. The highest BCUT2D eigenvalue weighted by atomic mass is 14.9. The number of nitrogens with zero attached hydrogens (tertiary/aromatic N) is 1. The van der Waals surface area contributed by atoms with Gasteiger partial charge < -0.3 is 10.7 Å². The first-order valence-electron chi connectivity index (χ1n) is 6.55. The molecule has 2 saturated carbocycles. The normalized spacial score (nSPS) is 31.4. The van der Waals surface area contributed by atoms with Gasteiger partial charge in [-0.1, -0.05) is 6.42 Å². The number of aromatic nitrogens is 2. The average molecular weight is 227 g/mol. The highest BCUT2D eigenvalue weighted by Gasteiger charge is 2.41. The van der Waals surface area contributed by atoms with Crippen LogP contribution in [0.15, 0.2) is 18.2 Å². The van der Waals surface area contributed by atoms with Crippen LogP contribution < -0.4 is 5.73 Å². The summed E-state index contributed by atoms with van der Waals surface area (Å²) in [6, 6.07) is 5.92. The van der Waals surface area contributed by atoms with E-state index < -0.39 is 0 Å². The minimum Gasteiger partial charge on any atom is -0.399 e. The molecule has 1 heterocycles. The van der Waals surface area contributed by atoms with Crippen LogP contribution in [-0.4, -0.2) is 9.97 Å². The third-order valence-electron chi connectivity index (χ3n) is 4.61. The molecular formula is C14H17N3. The molecule has 0 radical (unpaired) electrons. The SMILES string of the molecule is Nc1ccc2nc(C3CC4CCC3C4)[nH]c2c1. The lowest BCUT2D eigenvalue weighted by Crippen LogP contribution is -2.09. The number of H-pyrrole nitrogens is 1. The molecule has 3 unspecified atom stereocenters. The van der Waals surface area contributed by atoms with Crippen molar-refractivity contribution in [2.24, 2.45) is 11.8 Å². The number of hydrogen-bond donors (Lipinski definition) is 2. The molecule has 2 fully saturated rings. The molecule has 3 N–H and O–H groups in total. The Morgan fingerprint density at radius 1 is 1.24 bits per heavy atom. The van der Waals surface area contributed by atoms with Crippen LogP contribution in [0.2, 0.25) is 0 Å². The van der Waals surface area contributed by atoms with Crippen molar-refractivity contribution in [3.63, 3.8) is 0 Å². The topological polar surface area (TPSA) is 54.7 Å². The summed E-state index contributed by atoms with van der Waals surface area (Å²) in [7, 11) is 0. The Kier molecular flexibility index (Phi) is 1.82. The molecule has 0 saturated heterocycles. The van der Waals surface area contributed by atoms with Crippen molar-refractivity contribution >= 4 is 16.7 Å². The van der Waals surface area contributed by atoms with Crippen LogP contribution in [0, 0.1) is 11.8 Å². The molecule has 88 valence electrons. The second kappa shape index (κ2) is 3.25. The number of anilines is 1. The average Bonchev–Trinajstić information content (AvgIpc) is 3.01. The van der Waals surface area contributed by atoms with E-state index in [9.17, 15) is 0 Å². The molecule has 2 aliphatic carbocycles. The van der Waals surface area contributed by atoms with Crippen LogP contribution in [0.25, 0.3) is 11.0 Å². The molecule has 3 heteroatoms. The van der Waals surface area contributed by atoms with Crippen molar-refractivity contribution in [2.75, 3.05) is 5.73 Å². The fourth-order valence-corrected chi connectivity index (χ4v) is 3.80. The summed E-state index contributed by atoms with van der Waals surface area (Å²) in [6.07, 6.45) is 5.59. The summed E-state index contributed by atoms with van der Waals surface area (Å²) in [5.41, 5.74) is 8.74. The summed E-state index contributed by atoms with van der Waals surface area (Å²) >= 11 is 0. The maximum absolute atomic E-state index is 5.80. The third kappa shape index (κ3) is 1.38. The Morgan fingerprint density at radius 3 is 2.94 bits per heavy atom. The zero-order valence-electron chi connectivity index (χ0n) is 9.82. The summed E-state index contributed by atoms with van der Waals surface area (Å²) in [5, 5.41) is 0. The maximum atomic E-state index is 5.80. The number of nitrogen functional groups attached to an aromatic ring is 1. The van der Waals surface area contributed by atoms with E-state index in [1.807, 2.05) is 18.2 Å². The van der Waals surface area contributed by atoms with E-state index in [1.54, 1.807) is 0 Å². The Bertz CT molecular complexity index is 572. The van der Waals surface area contributed by atoms with E-state index in [-0.39, 0.29) is 0 Å². The van der Waals surface area contributed by atoms with Gasteiger partial charge in [0.05, 0.1) is 11.0 Å². The van der Waals surface area contributed by atoms with Crippen molar-refractivity contribution in [1.82, 2.24) is 9.97 Å². The number of nitrogens with two attached hydrogens (primary N) is 1. The van der Waals surface area contributed by atoms with E-state index in [0.29, 0.717) is 5.92 Å². The minimum atomic E-state index is 0.669. The summed E-state index contributed by atoms with van der Waals surface area (Å²) in [5.74, 6) is 3.70. The van der Waals surface area contributed by atoms with Crippen LogP contribution in [0.4, 0.5) is 5.69 Å². The molecule has 4 rings (SSSR count). The number of imidazole rings is 1. The van der Waals surface area contributed by atoms with Crippen molar-refractivity contribution < 1.29 is 0 Å². The fourth-order valence-electron chi connectivity index (χ4n) is 3.80. The highest BCUT2D eigenvalue weighted by molar-refractivity contribution is 5.78. The van der Waals surface area contributed by atoms with Crippen molar-refractivity contribution in [3.8, 4) is 0 Å². The van der Waals surface area contributed by atoms with Crippen LogP contribution in [-0.2, 0) is 0 Å². The van der Waals surface area contributed by atoms with Gasteiger partial charge in [0, 0.05) is 11.6 Å². The monoisotopic (exact) mass is 227 g/mol. The first-order valence-corrected chi connectivity index (χ1v) is 6.55. The molecule has 1 aromatic heterocycles. The van der Waals surface area contributed by atoms with Gasteiger partial charge in [-0.3, -0.25) is 0 Å². The molecule has 0 amide bonds. The van der Waals surface area contributed by atoms with Gasteiger partial charge in [0.25, 0.3) is 0 Å². The van der Waals surface area contributed by atoms with Gasteiger partial charge in [-0.05, 0) is 49.3 Å². The number of rotatable bonds is 1. The van der Waals surface area contributed by atoms with Gasteiger partial charge in [0.2, 0.25) is 0 Å². The smallest absolute Gasteiger partial charge is 0.110 e. The first kappa shape index (κ1) is 9.51. The lowest BCUT2D eigenvalue weighted by molar-refractivity contribution is 0.408. The lowest BCUT2D eigenvalue weighted by Gasteiger charge is -2.18. The zero-order valence-corrected chi connectivity index (χ0v) is 9.82. The number of fused-ring (bicyclic) bond motifs is 3. The number of benzene rings is 1. The molecule has 2 aliphatic rings. The molecule has 2 aromatic rings. The van der Waals surface area contributed by atoms with Gasteiger partial charge in [0.1, 0.15) is 5.82 Å². The van der Waals surface area contributed by atoms with Crippen LogP contribution in [0.3, 0.4) is 0 Å². The van der Waals surface area contributed by atoms with E-state index in [1.165, 1.54) is 31.5 Å². The van der Waals surface area contributed by atoms with Gasteiger partial charge in [0.15, 0.2) is 0 Å². The summed E-state index contributed by atoms with van der Waals surface area (Å²) in [6.45, 7) is 0. The Hall–Kier alpha value is -1.51. The number of hydrogen-bond acceptors (Lipinski definition) is 2. The number of aromatic amines is 1. The maximum Gasteiger partial charge on any atom is 0.110 e. The second-order valence-corrected chi connectivity index (χ2v) is 5.68. The Balaban J connectivity index is 1.76. The summed E-state index contributed by atoms with van der Waals surface area (Å²) in [4.78, 5) is 8.22. The highest BCUT2D eigenvalue weighted by Crippen LogP contribution is 2.52. The second-order valence-electron chi connectivity index (χ2n) is 5.68. The quantitative estimate of drug-likeness (QED) is 0.736. The van der Waals surface area contributed by atoms with E-state index in [0.717, 1.165) is 28.6 Å². The van der Waals surface area contributed by atoms with Crippen LogP contribution in [0.5, 0.6) is 0 Å². The van der Waals surface area contributed by atoms with E-state index >= 15 is 0 Å². The van der Waals surface area contributed by atoms with Crippen molar-refractivity contribution in [1.29, 1.82) is 0 Å². The molecule has 2 bridgehead atoms. The predicted octanol–water partition coefficient (Wildman–Crippen LogP) is 3.05. The van der Waals surface area contributed by atoms with E-state index in [4.69, 9.17) is 10.7 Å². The van der Waals surface area contributed by atoms with Gasteiger partial charge in [-0.15, -0.1) is 0 Å². The molecule has 17 heavy (non-hydrogen) atoms. The van der Waals surface area contributed by atoms with Crippen molar-refractivity contribution in [2.45, 2.75) is 31.6 Å². The zero-order chi connectivity index (χ0) is 11.4. The molecule has 3 atom stereocenters. The molecule has 3 nitrogen and oxygen atoms in total. The molecular weight excluding hydrogens is 210 g/mol. The minimum absolute atomic E-state index is 0.669. The lowest BCUT2D eigenvalue weighted by atomic mass is 9.88. The fraction of sp³-hybridized carbons (Fsp3) is 0.500. The van der Waals surface area contributed by atoms with Gasteiger partial charge in [-0.2, -0.15) is 0 Å². The third-order valence-corrected chi connectivity index (χ3v) is 4.61. The largest absolute Gasteiger partial charge is 0.399 e. The van der Waals surface area contributed by atoms with Crippen LogP contribution >= 0.6 is 0 Å². The molecule has 0 aliphatic heterocycles. The van der Waals surface area contributed by atoms with Gasteiger partial charge >= 0.3 is 0 Å².